The van der Waals surface area contributed by atoms with Crippen molar-refractivity contribution in [3.8, 4) is 5.75 Å². The Morgan fingerprint density at radius 1 is 0.885 bits per heavy atom. The predicted octanol–water partition coefficient (Wildman–Crippen LogP) is 7.43. The van der Waals surface area contributed by atoms with Crippen molar-refractivity contribution >= 4 is 0 Å². The van der Waals surface area contributed by atoms with Crippen LogP contribution in [0.25, 0.3) is 0 Å². The Labute approximate surface area is 162 Å². The molecule has 150 valence electrons. The van der Waals surface area contributed by atoms with Crippen molar-refractivity contribution in [2.45, 2.75) is 92.8 Å². The van der Waals surface area contributed by atoms with E-state index in [9.17, 15) is 0 Å². The highest BCUT2D eigenvalue weighted by Gasteiger charge is 2.29. The first-order valence-corrected chi connectivity index (χ1v) is 10.6. The molecular weight excluding hydrogens is 320 g/mol. The third kappa shape index (κ3) is 6.61. The molecule has 0 aliphatic heterocycles. The summed E-state index contributed by atoms with van der Waals surface area (Å²) in [7, 11) is 1.75. The van der Waals surface area contributed by atoms with Gasteiger partial charge in [0.25, 0.3) is 0 Å². The molecule has 2 nitrogen and oxygen atoms in total. The lowest BCUT2D eigenvalue weighted by Crippen LogP contribution is -2.30. The van der Waals surface area contributed by atoms with Crippen molar-refractivity contribution in [1.82, 2.24) is 0 Å². The van der Waals surface area contributed by atoms with Crippen LogP contribution in [-0.4, -0.2) is 13.4 Å². The minimum absolute atomic E-state index is 0.183. The van der Waals surface area contributed by atoms with E-state index in [0.29, 0.717) is 23.2 Å². The molecule has 0 aliphatic carbocycles. The topological polar surface area (TPSA) is 18.5 Å². The average molecular weight is 363 g/mol. The summed E-state index contributed by atoms with van der Waals surface area (Å²) in [5, 5.41) is 0. The van der Waals surface area contributed by atoms with Crippen molar-refractivity contribution in [3.63, 3.8) is 0 Å². The number of hydrogen-bond acceptors (Lipinski definition) is 2. The van der Waals surface area contributed by atoms with Crippen LogP contribution in [0, 0.1) is 17.3 Å². The number of hydrogen-bond donors (Lipinski definition) is 0. The Kier molecular flexibility index (Phi) is 9.71. The fraction of sp³-hybridized carbons (Fsp3) is 0.750. The van der Waals surface area contributed by atoms with Gasteiger partial charge in [0.2, 0.25) is 0 Å². The molecule has 2 heteroatoms. The van der Waals surface area contributed by atoms with E-state index >= 15 is 0 Å². The SMILES string of the molecule is CCC(CC)(CC)CC(OC)Oc1ccc(C(CC(C)C)C(C)C)cc1. The predicted molar refractivity (Wildman–Crippen MR) is 113 cm³/mol. The second-order valence-corrected chi connectivity index (χ2v) is 8.60. The van der Waals surface area contributed by atoms with E-state index in [0.717, 1.165) is 31.4 Å². The molecule has 0 heterocycles. The van der Waals surface area contributed by atoms with E-state index in [2.05, 4.69) is 72.7 Å². The average Bonchev–Trinajstić information content (AvgIpc) is 2.64. The van der Waals surface area contributed by atoms with Gasteiger partial charge in [-0.15, -0.1) is 0 Å². The molecule has 1 aromatic rings. The van der Waals surface area contributed by atoms with Crippen molar-refractivity contribution in [2.75, 3.05) is 7.11 Å². The summed E-state index contributed by atoms with van der Waals surface area (Å²) in [5.41, 5.74) is 1.72. The Hall–Kier alpha value is -1.02. The van der Waals surface area contributed by atoms with Gasteiger partial charge in [0.15, 0.2) is 6.29 Å². The highest BCUT2D eigenvalue weighted by Crippen LogP contribution is 2.37. The molecule has 1 aromatic carbocycles. The van der Waals surface area contributed by atoms with E-state index < -0.39 is 0 Å². The van der Waals surface area contributed by atoms with Crippen LogP contribution in [0.3, 0.4) is 0 Å². The highest BCUT2D eigenvalue weighted by molar-refractivity contribution is 5.30. The van der Waals surface area contributed by atoms with Gasteiger partial charge >= 0.3 is 0 Å². The summed E-state index contributed by atoms with van der Waals surface area (Å²) in [6.45, 7) is 16.1. The molecule has 0 radical (unpaired) electrons. The maximum atomic E-state index is 6.18. The first-order chi connectivity index (χ1) is 12.3. The maximum Gasteiger partial charge on any atom is 0.200 e. The molecule has 1 rings (SSSR count). The van der Waals surface area contributed by atoms with Crippen LogP contribution in [0.1, 0.15) is 92.1 Å². The normalized spacial score (nSPS) is 14.7. The minimum atomic E-state index is -0.183. The molecule has 0 amide bonds. The number of rotatable bonds is 12. The van der Waals surface area contributed by atoms with Crippen LogP contribution in [0.2, 0.25) is 0 Å². The van der Waals surface area contributed by atoms with Crippen molar-refractivity contribution < 1.29 is 9.47 Å². The van der Waals surface area contributed by atoms with Gasteiger partial charge in [-0.2, -0.15) is 0 Å². The summed E-state index contributed by atoms with van der Waals surface area (Å²) in [6, 6.07) is 8.70. The van der Waals surface area contributed by atoms with Gasteiger partial charge in [0.05, 0.1) is 0 Å². The van der Waals surface area contributed by atoms with Crippen LogP contribution >= 0.6 is 0 Å². The smallest absolute Gasteiger partial charge is 0.200 e. The maximum absolute atomic E-state index is 6.18. The zero-order valence-electron chi connectivity index (χ0n) is 18.5. The largest absolute Gasteiger partial charge is 0.465 e. The lowest BCUT2D eigenvalue weighted by atomic mass is 9.77. The Balaban J connectivity index is 2.83. The van der Waals surface area contributed by atoms with E-state index in [-0.39, 0.29) is 6.29 Å². The summed E-state index contributed by atoms with van der Waals surface area (Å²) in [6.07, 6.45) is 5.47. The summed E-state index contributed by atoms with van der Waals surface area (Å²) >= 11 is 0. The van der Waals surface area contributed by atoms with E-state index in [1.54, 1.807) is 7.11 Å². The van der Waals surface area contributed by atoms with Crippen LogP contribution in [-0.2, 0) is 4.74 Å². The van der Waals surface area contributed by atoms with Gasteiger partial charge in [-0.25, -0.2) is 0 Å². The molecule has 0 aromatic heterocycles. The van der Waals surface area contributed by atoms with E-state index in [1.807, 2.05) is 0 Å². The zero-order valence-corrected chi connectivity index (χ0v) is 18.5. The van der Waals surface area contributed by atoms with Gasteiger partial charge in [-0.3, -0.25) is 0 Å². The fourth-order valence-electron chi connectivity index (χ4n) is 3.96. The lowest BCUT2D eigenvalue weighted by molar-refractivity contribution is -0.0848. The van der Waals surface area contributed by atoms with Crippen LogP contribution in [0.15, 0.2) is 24.3 Å². The molecule has 0 saturated heterocycles. The van der Waals surface area contributed by atoms with E-state index in [1.165, 1.54) is 12.0 Å². The van der Waals surface area contributed by atoms with Crippen LogP contribution in [0.5, 0.6) is 5.75 Å². The second-order valence-electron chi connectivity index (χ2n) is 8.60. The van der Waals surface area contributed by atoms with Gasteiger partial charge in [0.1, 0.15) is 5.75 Å². The third-order valence-corrected chi connectivity index (χ3v) is 6.22. The molecule has 2 atom stereocenters. The summed E-state index contributed by atoms with van der Waals surface area (Å²) in [5.74, 6) is 2.87. The first-order valence-electron chi connectivity index (χ1n) is 10.6. The summed E-state index contributed by atoms with van der Waals surface area (Å²) < 4.78 is 11.8. The van der Waals surface area contributed by atoms with Gasteiger partial charge < -0.3 is 9.47 Å². The number of ether oxygens (including phenoxy) is 2. The van der Waals surface area contributed by atoms with Gasteiger partial charge in [0, 0.05) is 13.5 Å². The minimum Gasteiger partial charge on any atom is -0.465 e. The second kappa shape index (κ2) is 11.0. The van der Waals surface area contributed by atoms with Crippen molar-refractivity contribution in [3.05, 3.63) is 29.8 Å². The van der Waals surface area contributed by atoms with E-state index in [4.69, 9.17) is 9.47 Å². The summed E-state index contributed by atoms with van der Waals surface area (Å²) in [4.78, 5) is 0. The first kappa shape index (κ1) is 23.0. The molecule has 0 saturated carbocycles. The highest BCUT2D eigenvalue weighted by atomic mass is 16.7. The number of methoxy groups -OCH3 is 1. The molecular formula is C24H42O2. The third-order valence-electron chi connectivity index (χ3n) is 6.22. The van der Waals surface area contributed by atoms with Crippen molar-refractivity contribution in [1.29, 1.82) is 0 Å². The van der Waals surface area contributed by atoms with Crippen LogP contribution < -0.4 is 4.74 Å². The van der Waals surface area contributed by atoms with Gasteiger partial charge in [-0.1, -0.05) is 79.9 Å². The molecule has 0 spiro atoms. The molecule has 0 aliphatic rings. The molecule has 2 unspecified atom stereocenters. The van der Waals surface area contributed by atoms with Crippen molar-refractivity contribution in [2.24, 2.45) is 17.3 Å². The van der Waals surface area contributed by atoms with Crippen LogP contribution in [0.4, 0.5) is 0 Å². The standard InChI is InChI=1S/C24H42O2/c1-9-24(10-2,11-3)17-23(25-8)26-21-14-12-20(13-15-21)22(19(6)7)16-18(4)5/h12-15,18-19,22-23H,9-11,16-17H2,1-8H3. The Bertz CT molecular complexity index is 477. The molecule has 0 fully saturated rings. The molecule has 0 bridgehead atoms. The lowest BCUT2D eigenvalue weighted by Gasteiger charge is -2.33. The molecule has 26 heavy (non-hydrogen) atoms. The molecule has 0 N–H and O–H groups in total. The monoisotopic (exact) mass is 362 g/mol. The van der Waals surface area contributed by atoms with Gasteiger partial charge in [-0.05, 0) is 47.3 Å². The number of benzene rings is 1. The fourth-order valence-corrected chi connectivity index (χ4v) is 3.96. The Morgan fingerprint density at radius 2 is 1.42 bits per heavy atom. The Morgan fingerprint density at radius 3 is 1.81 bits per heavy atom. The zero-order chi connectivity index (χ0) is 19.7. The quantitative estimate of drug-likeness (QED) is 0.360.